The molecule has 3 heteroatoms. The summed E-state index contributed by atoms with van der Waals surface area (Å²) in [4.78, 5) is 0. The van der Waals surface area contributed by atoms with E-state index in [0.29, 0.717) is 5.56 Å². The maximum Gasteiger partial charge on any atom is 0.164 e. The van der Waals surface area contributed by atoms with Gasteiger partial charge in [0.25, 0.3) is 0 Å². The summed E-state index contributed by atoms with van der Waals surface area (Å²) in [5.74, 6) is 0.112. The van der Waals surface area contributed by atoms with E-state index in [2.05, 4.69) is 6.58 Å². The van der Waals surface area contributed by atoms with E-state index in [1.54, 1.807) is 6.08 Å². The van der Waals surface area contributed by atoms with Gasteiger partial charge in [-0.25, -0.2) is 0 Å². The van der Waals surface area contributed by atoms with E-state index >= 15 is 0 Å². The van der Waals surface area contributed by atoms with Gasteiger partial charge in [0.15, 0.2) is 11.5 Å². The minimum atomic E-state index is -0.206. The van der Waals surface area contributed by atoms with Crippen molar-refractivity contribution in [2.75, 3.05) is 7.11 Å². The Morgan fingerprint density at radius 3 is 2.42 bits per heavy atom. The highest BCUT2D eigenvalue weighted by atomic mass is 16.5. The van der Waals surface area contributed by atoms with Crippen LogP contribution in [-0.2, 0) is 0 Å². The number of phenols is 2. The third kappa shape index (κ3) is 2.55. The lowest BCUT2D eigenvalue weighted by Crippen LogP contribution is -1.99. The maximum atomic E-state index is 10.2. The summed E-state index contributed by atoms with van der Waals surface area (Å²) < 4.78 is 5.05. The van der Waals surface area contributed by atoms with E-state index in [1.807, 2.05) is 30.3 Å². The van der Waals surface area contributed by atoms with Crippen LogP contribution in [0.4, 0.5) is 0 Å². The molecule has 0 spiro atoms. The molecule has 0 fully saturated rings. The van der Waals surface area contributed by atoms with Gasteiger partial charge in [-0.15, -0.1) is 6.58 Å². The van der Waals surface area contributed by atoms with Gasteiger partial charge < -0.3 is 14.9 Å². The smallest absolute Gasteiger partial charge is 0.164 e. The Labute approximate surface area is 112 Å². The summed E-state index contributed by atoms with van der Waals surface area (Å²) in [6.07, 6.45) is 1.73. The molecule has 0 saturated carbocycles. The van der Waals surface area contributed by atoms with Gasteiger partial charge in [0.05, 0.1) is 7.11 Å². The van der Waals surface area contributed by atoms with Crippen molar-refractivity contribution in [1.82, 2.24) is 0 Å². The van der Waals surface area contributed by atoms with Gasteiger partial charge in [0.1, 0.15) is 5.75 Å². The van der Waals surface area contributed by atoms with Crippen molar-refractivity contribution in [3.63, 3.8) is 0 Å². The number of rotatable bonds is 4. The first-order chi connectivity index (χ1) is 9.17. The van der Waals surface area contributed by atoms with Crippen molar-refractivity contribution in [2.45, 2.75) is 5.92 Å². The molecule has 1 atom stereocenters. The lowest BCUT2D eigenvalue weighted by atomic mass is 9.90. The van der Waals surface area contributed by atoms with Gasteiger partial charge in [0.2, 0.25) is 0 Å². The van der Waals surface area contributed by atoms with E-state index in [1.165, 1.54) is 19.2 Å². The molecule has 3 nitrogen and oxygen atoms in total. The Kier molecular flexibility index (Phi) is 3.76. The Bertz CT molecular complexity index is 576. The number of aromatic hydroxyl groups is 2. The molecule has 0 aliphatic rings. The highest BCUT2D eigenvalue weighted by Crippen LogP contribution is 2.40. The number of hydrogen-bond donors (Lipinski definition) is 2. The van der Waals surface area contributed by atoms with Crippen LogP contribution in [-0.4, -0.2) is 17.3 Å². The minimum absolute atomic E-state index is 0.0223. The molecule has 0 amide bonds. The van der Waals surface area contributed by atoms with Crippen LogP contribution in [0, 0.1) is 0 Å². The lowest BCUT2D eigenvalue weighted by molar-refractivity contribution is 0.365. The second-order valence-electron chi connectivity index (χ2n) is 4.21. The lowest BCUT2D eigenvalue weighted by Gasteiger charge is -2.17. The van der Waals surface area contributed by atoms with Crippen molar-refractivity contribution in [2.24, 2.45) is 0 Å². The van der Waals surface area contributed by atoms with Gasteiger partial charge in [-0.05, 0) is 11.6 Å². The molecule has 2 N–H and O–H groups in total. The van der Waals surface area contributed by atoms with Crippen LogP contribution in [0.15, 0.2) is 55.1 Å². The van der Waals surface area contributed by atoms with Gasteiger partial charge in [0, 0.05) is 17.5 Å². The largest absolute Gasteiger partial charge is 0.508 e. The van der Waals surface area contributed by atoms with Crippen LogP contribution < -0.4 is 4.74 Å². The van der Waals surface area contributed by atoms with Crippen LogP contribution in [0.3, 0.4) is 0 Å². The number of allylic oxidation sites excluding steroid dienone is 1. The van der Waals surface area contributed by atoms with Crippen molar-refractivity contribution in [3.8, 4) is 17.2 Å². The van der Waals surface area contributed by atoms with E-state index in [4.69, 9.17) is 4.74 Å². The molecule has 2 rings (SSSR count). The summed E-state index contributed by atoms with van der Waals surface area (Å²) in [6, 6.07) is 12.6. The Morgan fingerprint density at radius 1 is 1.16 bits per heavy atom. The Morgan fingerprint density at radius 2 is 1.84 bits per heavy atom. The zero-order valence-corrected chi connectivity index (χ0v) is 10.7. The van der Waals surface area contributed by atoms with Crippen LogP contribution in [0.25, 0.3) is 0 Å². The first-order valence-electron chi connectivity index (χ1n) is 5.94. The van der Waals surface area contributed by atoms with Crippen LogP contribution in [0.1, 0.15) is 17.0 Å². The second kappa shape index (κ2) is 5.48. The molecule has 0 aliphatic carbocycles. The zero-order valence-electron chi connectivity index (χ0n) is 10.7. The third-order valence-electron chi connectivity index (χ3n) is 3.04. The van der Waals surface area contributed by atoms with Crippen LogP contribution >= 0.6 is 0 Å². The average Bonchev–Trinajstić information content (AvgIpc) is 2.44. The molecule has 0 radical (unpaired) electrons. The topological polar surface area (TPSA) is 49.7 Å². The number of phenolic OH excluding ortho intramolecular Hbond substituents is 2. The Balaban J connectivity index is 2.56. The van der Waals surface area contributed by atoms with Gasteiger partial charge in [-0.3, -0.25) is 0 Å². The summed E-state index contributed by atoms with van der Waals surface area (Å²) >= 11 is 0. The summed E-state index contributed by atoms with van der Waals surface area (Å²) in [5, 5.41) is 19.9. The van der Waals surface area contributed by atoms with E-state index in [9.17, 15) is 10.2 Å². The maximum absolute atomic E-state index is 10.2. The monoisotopic (exact) mass is 256 g/mol. The Hall–Kier alpha value is -2.42. The second-order valence-corrected chi connectivity index (χ2v) is 4.21. The van der Waals surface area contributed by atoms with Crippen molar-refractivity contribution >= 4 is 0 Å². The van der Waals surface area contributed by atoms with Crippen molar-refractivity contribution in [3.05, 3.63) is 66.2 Å². The summed E-state index contributed by atoms with van der Waals surface area (Å²) in [5.41, 5.74) is 1.55. The first-order valence-corrected chi connectivity index (χ1v) is 5.94. The van der Waals surface area contributed by atoms with Crippen molar-refractivity contribution < 1.29 is 14.9 Å². The predicted octanol–water partition coefficient (Wildman–Crippen LogP) is 3.42. The molecule has 98 valence electrons. The summed E-state index contributed by atoms with van der Waals surface area (Å²) in [7, 11) is 1.45. The fourth-order valence-corrected chi connectivity index (χ4v) is 2.11. The number of benzene rings is 2. The molecule has 0 heterocycles. The van der Waals surface area contributed by atoms with Gasteiger partial charge >= 0.3 is 0 Å². The van der Waals surface area contributed by atoms with E-state index in [0.717, 1.165) is 5.56 Å². The quantitative estimate of drug-likeness (QED) is 0.651. The SMILES string of the molecule is C=C[C@H](c1ccccc1)c1cc(O)cc(OC)c1O. The predicted molar refractivity (Wildman–Crippen MR) is 74.8 cm³/mol. The first kappa shape index (κ1) is 13.0. The van der Waals surface area contributed by atoms with Gasteiger partial charge in [-0.1, -0.05) is 36.4 Å². The molecule has 2 aromatic carbocycles. The van der Waals surface area contributed by atoms with Crippen LogP contribution in [0.2, 0.25) is 0 Å². The fraction of sp³-hybridized carbons (Fsp3) is 0.125. The minimum Gasteiger partial charge on any atom is -0.508 e. The fourth-order valence-electron chi connectivity index (χ4n) is 2.11. The normalized spacial score (nSPS) is 11.8. The molecule has 2 aromatic rings. The number of methoxy groups -OCH3 is 1. The average molecular weight is 256 g/mol. The molecule has 0 aromatic heterocycles. The molecule has 0 unspecified atom stereocenters. The third-order valence-corrected chi connectivity index (χ3v) is 3.04. The van der Waals surface area contributed by atoms with E-state index < -0.39 is 0 Å². The molecule has 0 aliphatic heterocycles. The molecule has 0 saturated heterocycles. The highest BCUT2D eigenvalue weighted by molar-refractivity contribution is 5.55. The standard InChI is InChI=1S/C16H16O3/c1-3-13(11-7-5-4-6-8-11)14-9-12(17)10-15(19-2)16(14)18/h3-10,13,17-18H,1H2,2H3/t13-/m1/s1. The summed E-state index contributed by atoms with van der Waals surface area (Å²) in [6.45, 7) is 3.81. The number of ether oxygens (including phenoxy) is 1. The molecular weight excluding hydrogens is 240 g/mol. The molecule has 19 heavy (non-hydrogen) atoms. The van der Waals surface area contributed by atoms with Crippen molar-refractivity contribution in [1.29, 1.82) is 0 Å². The highest BCUT2D eigenvalue weighted by Gasteiger charge is 2.18. The molecule has 0 bridgehead atoms. The van der Waals surface area contributed by atoms with E-state index in [-0.39, 0.29) is 23.2 Å². The van der Waals surface area contributed by atoms with Crippen LogP contribution in [0.5, 0.6) is 17.2 Å². The zero-order chi connectivity index (χ0) is 13.8. The number of hydrogen-bond acceptors (Lipinski definition) is 3. The molecular formula is C16H16O3. The van der Waals surface area contributed by atoms with Gasteiger partial charge in [-0.2, -0.15) is 0 Å².